The fourth-order valence-electron chi connectivity index (χ4n) is 2.65. The Morgan fingerprint density at radius 3 is 2.17 bits per heavy atom. The second-order valence-corrected chi connectivity index (χ2v) is 7.23. The molecule has 0 unspecified atom stereocenters. The van der Waals surface area contributed by atoms with Gasteiger partial charge in [-0.05, 0) is 34.2 Å². The Hall–Kier alpha value is -2.55. The van der Waals surface area contributed by atoms with Crippen LogP contribution in [-0.4, -0.2) is 9.55 Å². The van der Waals surface area contributed by atoms with E-state index in [1.165, 1.54) is 16.7 Å². The Kier molecular flexibility index (Phi) is 4.70. The van der Waals surface area contributed by atoms with Crippen LogP contribution in [0.5, 0.6) is 0 Å². The lowest BCUT2D eigenvalue weighted by molar-refractivity contribution is 0.590. The number of rotatable bonds is 5. The van der Waals surface area contributed by atoms with Crippen LogP contribution in [0.3, 0.4) is 0 Å². The summed E-state index contributed by atoms with van der Waals surface area (Å²) < 4.78 is 2.07. The second kappa shape index (κ2) is 6.91. The van der Waals surface area contributed by atoms with Gasteiger partial charge in [-0.25, -0.2) is 4.98 Å². The average molecular weight is 319 g/mol. The number of anilines is 1. The minimum Gasteiger partial charge on any atom is -0.381 e. The van der Waals surface area contributed by atoms with Gasteiger partial charge in [-0.2, -0.15) is 0 Å². The van der Waals surface area contributed by atoms with Crippen LogP contribution in [0, 0.1) is 0 Å². The summed E-state index contributed by atoms with van der Waals surface area (Å²) in [4.78, 5) is 4.07. The predicted octanol–water partition coefficient (Wildman–Crippen LogP) is 4.84. The molecule has 1 N–H and O–H groups in total. The number of hydrogen-bond acceptors (Lipinski definition) is 2. The Bertz CT molecular complexity index is 748. The first kappa shape index (κ1) is 16.3. The zero-order chi connectivity index (χ0) is 17.0. The Morgan fingerprint density at radius 2 is 1.58 bits per heavy atom. The van der Waals surface area contributed by atoms with Gasteiger partial charge in [-0.1, -0.05) is 57.2 Å². The summed E-state index contributed by atoms with van der Waals surface area (Å²) >= 11 is 0. The topological polar surface area (TPSA) is 29.9 Å². The van der Waals surface area contributed by atoms with Crippen LogP contribution < -0.4 is 5.32 Å². The molecule has 0 aliphatic heterocycles. The van der Waals surface area contributed by atoms with Gasteiger partial charge in [0.2, 0.25) is 0 Å². The van der Waals surface area contributed by atoms with Crippen molar-refractivity contribution < 1.29 is 0 Å². The molecule has 0 amide bonds. The van der Waals surface area contributed by atoms with Crippen molar-refractivity contribution >= 4 is 5.69 Å². The van der Waals surface area contributed by atoms with Crippen LogP contribution in [0.25, 0.3) is 0 Å². The predicted molar refractivity (Wildman–Crippen MR) is 100 cm³/mol. The summed E-state index contributed by atoms with van der Waals surface area (Å²) in [7, 11) is 0. The lowest BCUT2D eigenvalue weighted by Crippen LogP contribution is -2.11. The molecule has 0 aliphatic rings. The van der Waals surface area contributed by atoms with E-state index >= 15 is 0 Å². The summed E-state index contributed by atoms with van der Waals surface area (Å²) in [5.74, 6) is 0. The third kappa shape index (κ3) is 4.25. The van der Waals surface area contributed by atoms with E-state index in [-0.39, 0.29) is 5.41 Å². The van der Waals surface area contributed by atoms with Gasteiger partial charge >= 0.3 is 0 Å². The average Bonchev–Trinajstić information content (AvgIpc) is 3.07. The molecule has 2 aromatic carbocycles. The van der Waals surface area contributed by atoms with E-state index in [9.17, 15) is 0 Å². The molecule has 1 heterocycles. The van der Waals surface area contributed by atoms with Gasteiger partial charge in [0.25, 0.3) is 0 Å². The Balaban J connectivity index is 1.56. The van der Waals surface area contributed by atoms with Gasteiger partial charge in [-0.3, -0.25) is 0 Å². The highest BCUT2D eigenvalue weighted by Crippen LogP contribution is 2.22. The molecule has 0 spiro atoms. The minimum absolute atomic E-state index is 0.205. The Morgan fingerprint density at radius 1 is 0.917 bits per heavy atom. The van der Waals surface area contributed by atoms with Gasteiger partial charge in [0, 0.05) is 31.2 Å². The van der Waals surface area contributed by atoms with Crippen LogP contribution >= 0.6 is 0 Å². The van der Waals surface area contributed by atoms with Crippen LogP contribution in [0.4, 0.5) is 5.69 Å². The third-order valence-electron chi connectivity index (χ3n) is 4.19. The zero-order valence-electron chi connectivity index (χ0n) is 14.7. The molecular weight excluding hydrogens is 294 g/mol. The molecule has 0 bridgehead atoms. The summed E-state index contributed by atoms with van der Waals surface area (Å²) in [6.07, 6.45) is 5.63. The number of imidazole rings is 1. The molecule has 0 aliphatic carbocycles. The van der Waals surface area contributed by atoms with E-state index in [2.05, 4.69) is 84.2 Å². The van der Waals surface area contributed by atoms with Crippen molar-refractivity contribution in [1.82, 2.24) is 9.55 Å². The van der Waals surface area contributed by atoms with Crippen LogP contribution in [0.2, 0.25) is 0 Å². The van der Waals surface area contributed by atoms with Crippen molar-refractivity contribution in [2.24, 2.45) is 0 Å². The quantitative estimate of drug-likeness (QED) is 0.729. The monoisotopic (exact) mass is 319 g/mol. The first-order chi connectivity index (χ1) is 11.5. The molecule has 0 saturated heterocycles. The maximum Gasteiger partial charge on any atom is 0.0949 e. The summed E-state index contributed by atoms with van der Waals surface area (Å²) in [6, 6.07) is 17.5. The normalized spacial score (nSPS) is 11.5. The molecule has 3 rings (SSSR count). The number of nitrogens with zero attached hydrogens (tertiary/aromatic N) is 2. The highest BCUT2D eigenvalue weighted by molar-refractivity contribution is 5.45. The fraction of sp³-hybridized carbons (Fsp3) is 0.286. The standard InChI is InChI=1S/C21H25N3/c1-21(2,3)19-8-4-17(5-9-19)14-23-20-10-6-18(7-11-20)15-24-13-12-22-16-24/h4-13,16,23H,14-15H2,1-3H3. The van der Waals surface area contributed by atoms with Crippen LogP contribution in [-0.2, 0) is 18.5 Å². The summed E-state index contributed by atoms with van der Waals surface area (Å²) in [6.45, 7) is 8.42. The molecule has 0 atom stereocenters. The minimum atomic E-state index is 0.205. The lowest BCUT2D eigenvalue weighted by Gasteiger charge is -2.19. The number of nitrogens with one attached hydrogen (secondary N) is 1. The molecule has 0 saturated carbocycles. The highest BCUT2D eigenvalue weighted by atomic mass is 15.0. The van der Waals surface area contributed by atoms with Crippen LogP contribution in [0.1, 0.15) is 37.5 Å². The van der Waals surface area contributed by atoms with Crippen molar-refractivity contribution in [3.63, 3.8) is 0 Å². The molecular formula is C21H25N3. The van der Waals surface area contributed by atoms with Crippen molar-refractivity contribution in [2.75, 3.05) is 5.32 Å². The summed E-state index contributed by atoms with van der Waals surface area (Å²) in [5, 5.41) is 3.49. The molecule has 0 fully saturated rings. The van der Waals surface area contributed by atoms with Crippen molar-refractivity contribution in [1.29, 1.82) is 0 Å². The van der Waals surface area contributed by atoms with Crippen molar-refractivity contribution in [2.45, 2.75) is 39.3 Å². The molecule has 3 aromatic rings. The van der Waals surface area contributed by atoms with Gasteiger partial charge in [0.15, 0.2) is 0 Å². The SMILES string of the molecule is CC(C)(C)c1ccc(CNc2ccc(Cn3ccnc3)cc2)cc1. The van der Waals surface area contributed by atoms with E-state index in [4.69, 9.17) is 0 Å². The van der Waals surface area contributed by atoms with Crippen LogP contribution in [0.15, 0.2) is 67.3 Å². The largest absolute Gasteiger partial charge is 0.381 e. The number of aromatic nitrogens is 2. The molecule has 124 valence electrons. The second-order valence-electron chi connectivity index (χ2n) is 7.23. The first-order valence-corrected chi connectivity index (χ1v) is 8.39. The van der Waals surface area contributed by atoms with Gasteiger partial charge < -0.3 is 9.88 Å². The molecule has 3 heteroatoms. The van der Waals surface area contributed by atoms with E-state index in [1.54, 1.807) is 6.20 Å². The molecule has 1 aromatic heterocycles. The van der Waals surface area contributed by atoms with Crippen molar-refractivity contribution in [3.8, 4) is 0 Å². The lowest BCUT2D eigenvalue weighted by atomic mass is 9.87. The zero-order valence-corrected chi connectivity index (χ0v) is 14.7. The fourth-order valence-corrected chi connectivity index (χ4v) is 2.65. The number of hydrogen-bond donors (Lipinski definition) is 1. The smallest absolute Gasteiger partial charge is 0.0949 e. The maximum atomic E-state index is 4.07. The van der Waals surface area contributed by atoms with E-state index in [1.807, 2.05) is 12.5 Å². The van der Waals surface area contributed by atoms with Gasteiger partial charge in [0.05, 0.1) is 6.33 Å². The Labute approximate surface area is 144 Å². The van der Waals surface area contributed by atoms with E-state index < -0.39 is 0 Å². The maximum absolute atomic E-state index is 4.07. The van der Waals surface area contributed by atoms with E-state index in [0.717, 1.165) is 18.8 Å². The first-order valence-electron chi connectivity index (χ1n) is 8.39. The van der Waals surface area contributed by atoms with E-state index in [0.29, 0.717) is 0 Å². The highest BCUT2D eigenvalue weighted by Gasteiger charge is 2.12. The molecule has 0 radical (unpaired) electrons. The number of benzene rings is 2. The third-order valence-corrected chi connectivity index (χ3v) is 4.19. The molecule has 24 heavy (non-hydrogen) atoms. The van der Waals surface area contributed by atoms with Gasteiger partial charge in [-0.15, -0.1) is 0 Å². The summed E-state index contributed by atoms with van der Waals surface area (Å²) in [5.41, 5.74) is 5.29. The van der Waals surface area contributed by atoms with Gasteiger partial charge in [0.1, 0.15) is 0 Å². The van der Waals surface area contributed by atoms with Crippen molar-refractivity contribution in [3.05, 3.63) is 83.9 Å². The molecule has 3 nitrogen and oxygen atoms in total.